The molecule has 2 aliphatic heterocycles. The first-order chi connectivity index (χ1) is 9.07. The van der Waals surface area contributed by atoms with Crippen molar-refractivity contribution in [3.8, 4) is 0 Å². The molecule has 1 aromatic heterocycles. The van der Waals surface area contributed by atoms with Crippen molar-refractivity contribution >= 4 is 9.84 Å². The van der Waals surface area contributed by atoms with Gasteiger partial charge < -0.3 is 5.11 Å². The van der Waals surface area contributed by atoms with E-state index in [1.165, 1.54) is 0 Å². The Hall–Kier alpha value is -0.950. The van der Waals surface area contributed by atoms with Gasteiger partial charge in [-0.1, -0.05) is 0 Å². The quantitative estimate of drug-likeness (QED) is 0.834. The van der Waals surface area contributed by atoms with Crippen molar-refractivity contribution in [2.45, 2.75) is 38.1 Å². The molecule has 1 aromatic rings. The Labute approximate surface area is 112 Å². The smallest absolute Gasteiger partial charge is 0.155 e. The molecule has 0 radical (unpaired) electrons. The first-order valence-corrected chi connectivity index (χ1v) is 8.64. The van der Waals surface area contributed by atoms with Gasteiger partial charge in [0.1, 0.15) is 5.82 Å². The molecule has 106 valence electrons. The van der Waals surface area contributed by atoms with Crippen molar-refractivity contribution in [1.82, 2.24) is 14.8 Å². The second-order valence-corrected chi connectivity index (χ2v) is 7.84. The predicted octanol–water partition coefficient (Wildman–Crippen LogP) is 0.125. The maximum absolute atomic E-state index is 11.7. The van der Waals surface area contributed by atoms with Crippen LogP contribution in [0.15, 0.2) is 0 Å². The summed E-state index contributed by atoms with van der Waals surface area (Å²) in [6, 6.07) is 0. The van der Waals surface area contributed by atoms with Crippen LogP contribution in [-0.2, 0) is 22.8 Å². The minimum Gasteiger partial charge on any atom is -0.396 e. The molecule has 0 saturated carbocycles. The van der Waals surface area contributed by atoms with E-state index >= 15 is 0 Å². The van der Waals surface area contributed by atoms with Crippen molar-refractivity contribution in [1.29, 1.82) is 0 Å². The van der Waals surface area contributed by atoms with Crippen LogP contribution in [0.4, 0.5) is 0 Å². The molecule has 2 atom stereocenters. The Morgan fingerprint density at radius 2 is 2.21 bits per heavy atom. The molecule has 2 unspecified atom stereocenters. The molecular formula is C12H19N3O3S. The van der Waals surface area contributed by atoms with Gasteiger partial charge in [-0.3, -0.25) is 0 Å². The molecule has 3 heterocycles. The largest absolute Gasteiger partial charge is 0.396 e. The highest BCUT2D eigenvalue weighted by atomic mass is 32.2. The lowest BCUT2D eigenvalue weighted by Gasteiger charge is -2.20. The molecule has 2 aliphatic rings. The Morgan fingerprint density at radius 1 is 1.37 bits per heavy atom. The van der Waals surface area contributed by atoms with Crippen LogP contribution in [0.2, 0.25) is 0 Å². The zero-order valence-electron chi connectivity index (χ0n) is 10.8. The third kappa shape index (κ3) is 2.67. The highest BCUT2D eigenvalue weighted by Gasteiger charge is 2.30. The second-order valence-electron chi connectivity index (χ2n) is 5.61. The van der Waals surface area contributed by atoms with Gasteiger partial charge in [0.2, 0.25) is 0 Å². The van der Waals surface area contributed by atoms with Gasteiger partial charge in [0.15, 0.2) is 15.7 Å². The van der Waals surface area contributed by atoms with E-state index in [-0.39, 0.29) is 24.2 Å². The van der Waals surface area contributed by atoms with E-state index in [0.717, 1.165) is 25.1 Å². The average molecular weight is 285 g/mol. The van der Waals surface area contributed by atoms with Crippen LogP contribution in [0.5, 0.6) is 0 Å². The number of aliphatic hydroxyl groups is 1. The van der Waals surface area contributed by atoms with Gasteiger partial charge in [0.25, 0.3) is 0 Å². The van der Waals surface area contributed by atoms with E-state index in [1.807, 2.05) is 4.68 Å². The molecule has 19 heavy (non-hydrogen) atoms. The van der Waals surface area contributed by atoms with Gasteiger partial charge in [0.05, 0.1) is 11.5 Å². The number of rotatable bonds is 2. The Kier molecular flexibility index (Phi) is 3.34. The third-order valence-corrected chi connectivity index (χ3v) is 5.88. The SMILES string of the molecule is O=S1(=O)CCCC(c2nc3n(n2)CC(CO)CC3)C1. The molecule has 7 heteroatoms. The van der Waals surface area contributed by atoms with Gasteiger partial charge in [-0.2, -0.15) is 5.10 Å². The molecule has 3 rings (SSSR count). The van der Waals surface area contributed by atoms with Crippen LogP contribution < -0.4 is 0 Å². The Bertz CT molecular complexity index is 567. The molecule has 0 aliphatic carbocycles. The summed E-state index contributed by atoms with van der Waals surface area (Å²) in [5.41, 5.74) is 0. The van der Waals surface area contributed by atoms with E-state index in [0.29, 0.717) is 24.5 Å². The molecule has 6 nitrogen and oxygen atoms in total. The number of aromatic nitrogens is 3. The third-order valence-electron chi connectivity index (χ3n) is 4.06. The molecule has 0 spiro atoms. The zero-order chi connectivity index (χ0) is 13.5. The van der Waals surface area contributed by atoms with Crippen molar-refractivity contribution in [2.75, 3.05) is 18.1 Å². The van der Waals surface area contributed by atoms with Crippen molar-refractivity contribution < 1.29 is 13.5 Å². The first-order valence-electron chi connectivity index (χ1n) is 6.82. The lowest BCUT2D eigenvalue weighted by molar-refractivity contribution is 0.185. The first kappa shape index (κ1) is 13.1. The fourth-order valence-electron chi connectivity index (χ4n) is 2.94. The Balaban J connectivity index is 1.81. The van der Waals surface area contributed by atoms with E-state index < -0.39 is 9.84 Å². The second kappa shape index (κ2) is 4.86. The summed E-state index contributed by atoms with van der Waals surface area (Å²) in [7, 11) is -2.93. The van der Waals surface area contributed by atoms with Crippen LogP contribution in [0.25, 0.3) is 0 Å². The fraction of sp³-hybridized carbons (Fsp3) is 0.833. The van der Waals surface area contributed by atoms with E-state index in [2.05, 4.69) is 10.1 Å². The van der Waals surface area contributed by atoms with Crippen LogP contribution >= 0.6 is 0 Å². The van der Waals surface area contributed by atoms with Crippen LogP contribution in [-0.4, -0.2) is 46.4 Å². The predicted molar refractivity (Wildman–Crippen MR) is 69.5 cm³/mol. The minimum atomic E-state index is -2.93. The van der Waals surface area contributed by atoms with Crippen LogP contribution in [0.1, 0.15) is 36.8 Å². The van der Waals surface area contributed by atoms with Gasteiger partial charge in [0, 0.05) is 31.4 Å². The highest BCUT2D eigenvalue weighted by Crippen LogP contribution is 2.28. The minimum absolute atomic E-state index is 0.0515. The number of aliphatic hydroxyl groups excluding tert-OH is 1. The summed E-state index contributed by atoms with van der Waals surface area (Å²) in [6.45, 7) is 0.866. The van der Waals surface area contributed by atoms with E-state index in [9.17, 15) is 13.5 Å². The number of hydrogen-bond acceptors (Lipinski definition) is 5. The lowest BCUT2D eigenvalue weighted by Crippen LogP contribution is -2.25. The lowest BCUT2D eigenvalue weighted by atomic mass is 10.0. The van der Waals surface area contributed by atoms with Crippen molar-refractivity contribution in [3.05, 3.63) is 11.6 Å². The van der Waals surface area contributed by atoms with Crippen molar-refractivity contribution in [3.63, 3.8) is 0 Å². The highest BCUT2D eigenvalue weighted by molar-refractivity contribution is 7.91. The molecule has 1 fully saturated rings. The fourth-order valence-corrected chi connectivity index (χ4v) is 4.64. The number of sulfone groups is 1. The average Bonchev–Trinajstić information content (AvgIpc) is 2.80. The van der Waals surface area contributed by atoms with Crippen molar-refractivity contribution in [2.24, 2.45) is 5.92 Å². The van der Waals surface area contributed by atoms with E-state index in [1.54, 1.807) is 0 Å². The van der Waals surface area contributed by atoms with Crippen LogP contribution in [0.3, 0.4) is 0 Å². The number of nitrogens with zero attached hydrogens (tertiary/aromatic N) is 3. The zero-order valence-corrected chi connectivity index (χ0v) is 11.6. The summed E-state index contributed by atoms with van der Waals surface area (Å²) < 4.78 is 25.2. The molecular weight excluding hydrogens is 266 g/mol. The normalized spacial score (nSPS) is 29.9. The summed E-state index contributed by atoms with van der Waals surface area (Å²) in [5.74, 6) is 2.28. The maximum atomic E-state index is 11.7. The number of hydrogen-bond donors (Lipinski definition) is 1. The summed E-state index contributed by atoms with van der Waals surface area (Å²) in [4.78, 5) is 4.51. The molecule has 1 N–H and O–H groups in total. The van der Waals surface area contributed by atoms with Crippen LogP contribution in [0, 0.1) is 5.92 Å². The molecule has 1 saturated heterocycles. The molecule has 0 amide bonds. The number of fused-ring (bicyclic) bond motifs is 1. The number of aryl methyl sites for hydroxylation is 1. The summed E-state index contributed by atoms with van der Waals surface area (Å²) >= 11 is 0. The van der Waals surface area contributed by atoms with E-state index in [4.69, 9.17) is 0 Å². The topological polar surface area (TPSA) is 85.1 Å². The van der Waals surface area contributed by atoms with Gasteiger partial charge >= 0.3 is 0 Å². The standard InChI is InChI=1S/C12H19N3O3S/c16-7-9-3-4-11-13-12(14-15(11)6-9)10-2-1-5-19(17,18)8-10/h9-10,16H,1-8H2. The molecule has 0 aromatic carbocycles. The summed E-state index contributed by atoms with van der Waals surface area (Å²) in [6.07, 6.45) is 3.30. The maximum Gasteiger partial charge on any atom is 0.155 e. The van der Waals surface area contributed by atoms with Gasteiger partial charge in [-0.15, -0.1) is 0 Å². The Morgan fingerprint density at radius 3 is 2.95 bits per heavy atom. The molecule has 0 bridgehead atoms. The summed E-state index contributed by atoms with van der Waals surface area (Å²) in [5, 5.41) is 13.7. The van der Waals surface area contributed by atoms with Gasteiger partial charge in [-0.25, -0.2) is 18.1 Å². The van der Waals surface area contributed by atoms with Gasteiger partial charge in [-0.05, 0) is 19.3 Å². The monoisotopic (exact) mass is 285 g/mol.